The highest BCUT2D eigenvalue weighted by atomic mass is 79.9. The van der Waals surface area contributed by atoms with E-state index in [0.717, 1.165) is 14.5 Å². The molecule has 33 heavy (non-hydrogen) atoms. The lowest BCUT2D eigenvalue weighted by Crippen LogP contribution is -2.42. The highest BCUT2D eigenvalue weighted by Gasteiger charge is 2.44. The van der Waals surface area contributed by atoms with Gasteiger partial charge in [0.1, 0.15) is 0 Å². The first kappa shape index (κ1) is 24.2. The van der Waals surface area contributed by atoms with E-state index in [9.17, 15) is 18.3 Å². The first-order valence-corrected chi connectivity index (χ1v) is 13.3. The van der Waals surface area contributed by atoms with E-state index in [2.05, 4.69) is 31.9 Å². The average molecular weight is 612 g/mol. The first-order chi connectivity index (χ1) is 15.7. The van der Waals surface area contributed by atoms with E-state index < -0.39 is 28.1 Å². The van der Waals surface area contributed by atoms with Gasteiger partial charge in [-0.3, -0.25) is 0 Å². The molecular formula is C24H18Br2ClNO4S. The molecule has 0 amide bonds. The van der Waals surface area contributed by atoms with Crippen LogP contribution in [0.4, 0.5) is 0 Å². The molecule has 0 aromatic heterocycles. The standard InChI is InChI=1S/C24H18Br2ClNO4S/c25-17-7-9-20(10-8-17)33(31,32)28-22(15-3-1-5-18(26)13-15)12-11-21(24(29)30)23(28)16-4-2-6-19(27)14-16/h1-11,13-14,22-23H,12H2,(H,29,30)/t22-,23-/m0/s1. The molecule has 4 rings (SSSR count). The van der Waals surface area contributed by atoms with Crippen molar-refractivity contribution in [2.24, 2.45) is 0 Å². The number of carboxylic acids is 1. The third-order valence-electron chi connectivity index (χ3n) is 5.45. The van der Waals surface area contributed by atoms with Crippen LogP contribution in [0.15, 0.2) is 98.3 Å². The van der Waals surface area contributed by atoms with Gasteiger partial charge in [-0.1, -0.05) is 73.8 Å². The number of nitrogens with zero attached hydrogens (tertiary/aromatic N) is 1. The smallest absolute Gasteiger partial charge is 0.333 e. The van der Waals surface area contributed by atoms with Crippen molar-refractivity contribution in [1.82, 2.24) is 4.31 Å². The highest BCUT2D eigenvalue weighted by Crippen LogP contribution is 2.46. The zero-order chi connectivity index (χ0) is 23.8. The summed E-state index contributed by atoms with van der Waals surface area (Å²) in [5.74, 6) is -1.18. The molecule has 0 fully saturated rings. The van der Waals surface area contributed by atoms with Crippen molar-refractivity contribution in [1.29, 1.82) is 0 Å². The van der Waals surface area contributed by atoms with Gasteiger partial charge in [-0.25, -0.2) is 13.2 Å². The van der Waals surface area contributed by atoms with Gasteiger partial charge in [0.25, 0.3) is 0 Å². The normalized spacial score (nSPS) is 19.2. The third kappa shape index (κ3) is 4.95. The Kier molecular flexibility index (Phi) is 7.12. The molecule has 3 aromatic rings. The van der Waals surface area contributed by atoms with Crippen molar-refractivity contribution in [2.75, 3.05) is 0 Å². The van der Waals surface area contributed by atoms with Crippen LogP contribution in [0.3, 0.4) is 0 Å². The van der Waals surface area contributed by atoms with Crippen LogP contribution in [0.1, 0.15) is 29.6 Å². The topological polar surface area (TPSA) is 74.7 Å². The van der Waals surface area contributed by atoms with Gasteiger partial charge in [-0.15, -0.1) is 0 Å². The van der Waals surface area contributed by atoms with Gasteiger partial charge in [0.05, 0.1) is 22.6 Å². The molecule has 0 saturated heterocycles. The molecule has 0 bridgehead atoms. The molecule has 0 saturated carbocycles. The first-order valence-electron chi connectivity index (χ1n) is 9.92. The number of halogens is 3. The SMILES string of the molecule is O=C(O)C1=CC[C@@H](c2cccc(Br)c2)N(S(=O)(=O)c2ccc(Br)cc2)[C@H]1c1cccc(Cl)c1. The Morgan fingerprint density at radius 1 is 0.939 bits per heavy atom. The van der Waals surface area contributed by atoms with Gasteiger partial charge >= 0.3 is 5.97 Å². The Morgan fingerprint density at radius 3 is 2.24 bits per heavy atom. The fourth-order valence-corrected chi connectivity index (χ4v) is 6.67. The fourth-order valence-electron chi connectivity index (χ4n) is 4.01. The Balaban J connectivity index is 1.98. The van der Waals surface area contributed by atoms with Crippen molar-refractivity contribution >= 4 is 59.5 Å². The number of sulfonamides is 1. The minimum atomic E-state index is -4.12. The predicted molar refractivity (Wildman–Crippen MR) is 135 cm³/mol. The van der Waals surface area contributed by atoms with Gasteiger partial charge in [0.2, 0.25) is 10.0 Å². The quantitative estimate of drug-likeness (QED) is 0.346. The van der Waals surface area contributed by atoms with Gasteiger partial charge in [-0.05, 0) is 66.1 Å². The molecule has 0 radical (unpaired) electrons. The molecule has 0 spiro atoms. The molecule has 5 nitrogen and oxygen atoms in total. The van der Waals surface area contributed by atoms with Gasteiger partial charge in [-0.2, -0.15) is 4.31 Å². The zero-order valence-corrected chi connectivity index (χ0v) is 21.8. The maximum atomic E-state index is 14.0. The number of aliphatic carboxylic acids is 1. The van der Waals surface area contributed by atoms with Crippen LogP contribution >= 0.6 is 43.5 Å². The second-order valence-electron chi connectivity index (χ2n) is 7.52. The number of rotatable bonds is 5. The summed E-state index contributed by atoms with van der Waals surface area (Å²) in [5.41, 5.74) is 1.22. The van der Waals surface area contributed by atoms with Crippen LogP contribution in [0, 0.1) is 0 Å². The molecule has 1 heterocycles. The minimum Gasteiger partial charge on any atom is -0.478 e. The minimum absolute atomic E-state index is 0.01000. The summed E-state index contributed by atoms with van der Waals surface area (Å²) in [5, 5.41) is 10.4. The van der Waals surface area contributed by atoms with E-state index in [1.54, 1.807) is 42.5 Å². The Hall–Kier alpha value is -1.97. The lowest BCUT2D eigenvalue weighted by Gasteiger charge is -2.40. The Bertz CT molecular complexity index is 1340. The zero-order valence-electron chi connectivity index (χ0n) is 17.0. The van der Waals surface area contributed by atoms with Crippen LogP contribution < -0.4 is 0 Å². The lowest BCUT2D eigenvalue weighted by molar-refractivity contribution is -0.133. The molecular weight excluding hydrogens is 594 g/mol. The number of carbonyl (C=O) groups is 1. The summed E-state index contributed by atoms with van der Waals surface area (Å²) < 4.78 is 30.9. The number of carboxylic acid groups (broad SMARTS) is 1. The van der Waals surface area contributed by atoms with Crippen molar-refractivity contribution < 1.29 is 18.3 Å². The van der Waals surface area contributed by atoms with Gasteiger partial charge in [0, 0.05) is 14.0 Å². The van der Waals surface area contributed by atoms with E-state index in [0.29, 0.717) is 10.6 Å². The van der Waals surface area contributed by atoms with Crippen molar-refractivity contribution in [3.8, 4) is 0 Å². The second-order valence-corrected chi connectivity index (χ2v) is 11.6. The highest BCUT2D eigenvalue weighted by molar-refractivity contribution is 9.10. The molecule has 0 unspecified atom stereocenters. The van der Waals surface area contributed by atoms with Crippen LogP contribution in [0.5, 0.6) is 0 Å². The van der Waals surface area contributed by atoms with Crippen LogP contribution in [0.2, 0.25) is 5.02 Å². The summed E-state index contributed by atoms with van der Waals surface area (Å²) in [7, 11) is -4.12. The molecule has 0 aliphatic carbocycles. The largest absolute Gasteiger partial charge is 0.478 e. The lowest BCUT2D eigenvalue weighted by atomic mass is 9.89. The monoisotopic (exact) mass is 609 g/mol. The number of hydrogen-bond acceptors (Lipinski definition) is 3. The summed E-state index contributed by atoms with van der Waals surface area (Å²) in [6.45, 7) is 0. The Morgan fingerprint density at radius 2 is 1.61 bits per heavy atom. The van der Waals surface area contributed by atoms with Crippen LogP contribution in [0.25, 0.3) is 0 Å². The third-order valence-corrected chi connectivity index (χ3v) is 8.60. The molecule has 2 atom stereocenters. The summed E-state index contributed by atoms with van der Waals surface area (Å²) in [6.07, 6.45) is 1.82. The van der Waals surface area contributed by atoms with E-state index in [4.69, 9.17) is 11.6 Å². The van der Waals surface area contributed by atoms with Crippen LogP contribution in [-0.4, -0.2) is 23.8 Å². The molecule has 1 aliphatic heterocycles. The number of benzene rings is 3. The molecule has 1 N–H and O–H groups in total. The van der Waals surface area contributed by atoms with E-state index >= 15 is 0 Å². The fraction of sp³-hybridized carbons (Fsp3) is 0.125. The van der Waals surface area contributed by atoms with Crippen molar-refractivity contribution in [3.63, 3.8) is 0 Å². The van der Waals surface area contributed by atoms with Crippen molar-refractivity contribution in [3.05, 3.63) is 110 Å². The molecule has 170 valence electrons. The summed E-state index contributed by atoms with van der Waals surface area (Å²) in [6, 6.07) is 18.6. The summed E-state index contributed by atoms with van der Waals surface area (Å²) in [4.78, 5) is 12.3. The number of hydrogen-bond donors (Lipinski definition) is 1. The molecule has 1 aliphatic rings. The van der Waals surface area contributed by atoms with E-state index in [1.165, 1.54) is 16.4 Å². The Labute approximate surface area is 214 Å². The van der Waals surface area contributed by atoms with Gasteiger partial charge < -0.3 is 5.11 Å². The maximum Gasteiger partial charge on any atom is 0.333 e. The second kappa shape index (κ2) is 9.72. The van der Waals surface area contributed by atoms with Crippen LogP contribution in [-0.2, 0) is 14.8 Å². The van der Waals surface area contributed by atoms with Gasteiger partial charge in [0.15, 0.2) is 0 Å². The average Bonchev–Trinajstić information content (AvgIpc) is 2.78. The maximum absolute atomic E-state index is 14.0. The predicted octanol–water partition coefficient (Wildman–Crippen LogP) is 6.75. The van der Waals surface area contributed by atoms with E-state index in [1.807, 2.05) is 24.3 Å². The summed E-state index contributed by atoms with van der Waals surface area (Å²) >= 11 is 13.0. The van der Waals surface area contributed by atoms with E-state index in [-0.39, 0.29) is 16.9 Å². The molecule has 3 aromatic carbocycles. The van der Waals surface area contributed by atoms with Crippen molar-refractivity contribution in [2.45, 2.75) is 23.4 Å². The molecule has 9 heteroatoms.